The fourth-order valence-electron chi connectivity index (χ4n) is 4.97. The van der Waals surface area contributed by atoms with Gasteiger partial charge in [-0.25, -0.2) is 0 Å². The fourth-order valence-corrected chi connectivity index (χ4v) is 4.97. The normalized spacial score (nSPS) is 23.2. The predicted molar refractivity (Wildman–Crippen MR) is 120 cm³/mol. The van der Waals surface area contributed by atoms with E-state index in [1.807, 2.05) is 6.07 Å². The van der Waals surface area contributed by atoms with Crippen LogP contribution in [0.2, 0.25) is 0 Å². The highest BCUT2D eigenvalue weighted by Crippen LogP contribution is 2.37. The standard InChI is InChI=1S/C26H30N2O3/c29-26(19-27-14-11-21(12-15-27)20-6-2-1-3-7-20)28-13-4-8-23(28)22-9-10-24-25(18-22)31-17-5-16-30-24/h1-3,6-7,9-11,18,23H,4-5,8,12-17,19H2/p+1/t23-/m0/s1. The number of nitrogens with one attached hydrogen (secondary N) is 1. The lowest BCUT2D eigenvalue weighted by Gasteiger charge is -2.29. The van der Waals surface area contributed by atoms with Crippen LogP contribution in [0, 0.1) is 0 Å². The van der Waals surface area contributed by atoms with Crippen molar-refractivity contribution in [1.82, 2.24) is 4.90 Å². The van der Waals surface area contributed by atoms with Crippen LogP contribution in [0.3, 0.4) is 0 Å². The molecule has 31 heavy (non-hydrogen) atoms. The molecular formula is C26H31N2O3+. The van der Waals surface area contributed by atoms with E-state index in [1.165, 1.54) is 16.0 Å². The summed E-state index contributed by atoms with van der Waals surface area (Å²) in [4.78, 5) is 16.7. The second kappa shape index (κ2) is 9.15. The maximum absolute atomic E-state index is 13.2. The van der Waals surface area contributed by atoms with Crippen LogP contribution in [-0.2, 0) is 4.79 Å². The summed E-state index contributed by atoms with van der Waals surface area (Å²) >= 11 is 0. The van der Waals surface area contributed by atoms with Crippen LogP contribution in [0.1, 0.15) is 42.9 Å². The zero-order valence-electron chi connectivity index (χ0n) is 18.0. The number of amides is 1. The number of hydrogen-bond donors (Lipinski definition) is 1. The molecule has 2 aromatic carbocycles. The summed E-state index contributed by atoms with van der Waals surface area (Å²) < 4.78 is 11.6. The van der Waals surface area contributed by atoms with Crippen LogP contribution < -0.4 is 14.4 Å². The van der Waals surface area contributed by atoms with Gasteiger partial charge in [-0.1, -0.05) is 36.4 Å². The van der Waals surface area contributed by atoms with E-state index in [2.05, 4.69) is 53.4 Å². The molecule has 2 aromatic rings. The Morgan fingerprint density at radius 3 is 2.68 bits per heavy atom. The zero-order chi connectivity index (χ0) is 21.0. The number of likely N-dealkylation sites (tertiary alicyclic amines) is 1. The van der Waals surface area contributed by atoms with Gasteiger partial charge in [-0.2, -0.15) is 0 Å². The molecule has 0 aromatic heterocycles. The van der Waals surface area contributed by atoms with Gasteiger partial charge in [0, 0.05) is 19.4 Å². The molecule has 1 unspecified atom stereocenters. The van der Waals surface area contributed by atoms with Gasteiger partial charge in [0.15, 0.2) is 18.0 Å². The summed E-state index contributed by atoms with van der Waals surface area (Å²) in [5, 5.41) is 0. The lowest BCUT2D eigenvalue weighted by molar-refractivity contribution is -0.887. The first-order valence-corrected chi connectivity index (χ1v) is 11.5. The Kier molecular flexibility index (Phi) is 5.94. The molecule has 5 rings (SSSR count). The predicted octanol–water partition coefficient (Wildman–Crippen LogP) is 2.88. The molecule has 2 atom stereocenters. The number of ether oxygens (including phenoxy) is 2. The first-order valence-electron chi connectivity index (χ1n) is 11.5. The highest BCUT2D eigenvalue weighted by molar-refractivity contribution is 5.78. The summed E-state index contributed by atoms with van der Waals surface area (Å²) in [6, 6.07) is 16.9. The quantitative estimate of drug-likeness (QED) is 0.829. The molecule has 3 heterocycles. The average Bonchev–Trinajstić information content (AvgIpc) is 3.19. The first kappa shape index (κ1) is 20.1. The van der Waals surface area contributed by atoms with E-state index in [0.29, 0.717) is 19.8 Å². The molecule has 5 heteroatoms. The Hall–Kier alpha value is -2.79. The first-order chi connectivity index (χ1) is 15.3. The van der Waals surface area contributed by atoms with Crippen LogP contribution in [0.4, 0.5) is 0 Å². The van der Waals surface area contributed by atoms with Crippen LogP contribution >= 0.6 is 0 Å². The number of hydrogen-bond acceptors (Lipinski definition) is 3. The van der Waals surface area contributed by atoms with E-state index in [0.717, 1.165) is 62.4 Å². The Morgan fingerprint density at radius 1 is 1.03 bits per heavy atom. The van der Waals surface area contributed by atoms with Crippen molar-refractivity contribution in [3.05, 3.63) is 65.7 Å². The molecule has 1 amide bonds. The van der Waals surface area contributed by atoms with Crippen molar-refractivity contribution < 1.29 is 19.2 Å². The van der Waals surface area contributed by atoms with E-state index in [1.54, 1.807) is 0 Å². The van der Waals surface area contributed by atoms with Gasteiger partial charge in [-0.3, -0.25) is 4.79 Å². The molecule has 0 spiro atoms. The Labute approximate surface area is 184 Å². The third-order valence-corrected chi connectivity index (χ3v) is 6.66. The Morgan fingerprint density at radius 2 is 1.87 bits per heavy atom. The van der Waals surface area contributed by atoms with Crippen molar-refractivity contribution in [3.8, 4) is 11.5 Å². The summed E-state index contributed by atoms with van der Waals surface area (Å²) in [5.74, 6) is 1.89. The number of nitrogens with zero attached hydrogens (tertiary/aromatic N) is 1. The molecule has 5 nitrogen and oxygen atoms in total. The molecule has 0 aliphatic carbocycles. The van der Waals surface area contributed by atoms with Crippen molar-refractivity contribution in [2.75, 3.05) is 39.4 Å². The van der Waals surface area contributed by atoms with E-state index in [-0.39, 0.29) is 11.9 Å². The van der Waals surface area contributed by atoms with E-state index >= 15 is 0 Å². The van der Waals surface area contributed by atoms with Crippen molar-refractivity contribution in [3.63, 3.8) is 0 Å². The van der Waals surface area contributed by atoms with E-state index in [4.69, 9.17) is 9.47 Å². The molecular weight excluding hydrogens is 388 g/mol. The number of quaternary nitrogens is 1. The topological polar surface area (TPSA) is 43.2 Å². The third-order valence-electron chi connectivity index (χ3n) is 6.66. The summed E-state index contributed by atoms with van der Waals surface area (Å²) in [6.07, 6.45) is 6.30. The van der Waals surface area contributed by atoms with Gasteiger partial charge < -0.3 is 19.3 Å². The minimum absolute atomic E-state index is 0.143. The van der Waals surface area contributed by atoms with Crippen molar-refractivity contribution >= 4 is 11.5 Å². The molecule has 162 valence electrons. The molecule has 1 saturated heterocycles. The number of carbonyl (C=O) groups is 1. The number of carbonyl (C=O) groups excluding carboxylic acids is 1. The minimum atomic E-state index is 0.143. The van der Waals surface area contributed by atoms with Crippen LogP contribution in [-0.4, -0.2) is 50.2 Å². The highest BCUT2D eigenvalue weighted by atomic mass is 16.5. The van der Waals surface area contributed by atoms with E-state index in [9.17, 15) is 4.79 Å². The molecule has 0 saturated carbocycles. The summed E-state index contributed by atoms with van der Waals surface area (Å²) in [7, 11) is 0. The lowest BCUT2D eigenvalue weighted by atomic mass is 9.99. The lowest BCUT2D eigenvalue weighted by Crippen LogP contribution is -3.13. The largest absolute Gasteiger partial charge is 0.490 e. The number of fused-ring (bicyclic) bond motifs is 1. The van der Waals surface area contributed by atoms with Crippen LogP contribution in [0.5, 0.6) is 11.5 Å². The van der Waals surface area contributed by atoms with Gasteiger partial charge in [0.05, 0.1) is 32.3 Å². The van der Waals surface area contributed by atoms with E-state index < -0.39 is 0 Å². The molecule has 3 aliphatic heterocycles. The fraction of sp³-hybridized carbons (Fsp3) is 0.423. The molecule has 3 aliphatic rings. The zero-order valence-corrected chi connectivity index (χ0v) is 18.0. The monoisotopic (exact) mass is 419 g/mol. The Balaban J connectivity index is 1.24. The number of rotatable bonds is 4. The smallest absolute Gasteiger partial charge is 0.278 e. The molecule has 1 N–H and O–H groups in total. The average molecular weight is 420 g/mol. The summed E-state index contributed by atoms with van der Waals surface area (Å²) in [5.41, 5.74) is 3.87. The van der Waals surface area contributed by atoms with Crippen molar-refractivity contribution in [2.24, 2.45) is 0 Å². The SMILES string of the molecule is O=C(C[NH+]1CC=C(c2ccccc2)CC1)N1CCC[C@H]1c1ccc2c(c1)OCCCO2. The van der Waals surface area contributed by atoms with Crippen LogP contribution in [0.15, 0.2) is 54.6 Å². The second-order valence-corrected chi connectivity index (χ2v) is 8.73. The van der Waals surface area contributed by atoms with Gasteiger partial charge in [0.1, 0.15) is 0 Å². The summed E-state index contributed by atoms with van der Waals surface area (Å²) in [6.45, 7) is 4.71. The maximum atomic E-state index is 13.2. The van der Waals surface area contributed by atoms with Crippen molar-refractivity contribution in [2.45, 2.75) is 31.7 Å². The van der Waals surface area contributed by atoms with Crippen LogP contribution in [0.25, 0.3) is 5.57 Å². The van der Waals surface area contributed by atoms with Gasteiger partial charge in [0.25, 0.3) is 5.91 Å². The molecule has 1 fully saturated rings. The van der Waals surface area contributed by atoms with Gasteiger partial charge in [0.2, 0.25) is 0 Å². The third kappa shape index (κ3) is 4.47. The van der Waals surface area contributed by atoms with Gasteiger partial charge in [-0.05, 0) is 47.8 Å². The minimum Gasteiger partial charge on any atom is -0.490 e. The van der Waals surface area contributed by atoms with Gasteiger partial charge >= 0.3 is 0 Å². The van der Waals surface area contributed by atoms with Gasteiger partial charge in [-0.15, -0.1) is 0 Å². The number of benzene rings is 2. The van der Waals surface area contributed by atoms with Crippen molar-refractivity contribution in [1.29, 1.82) is 0 Å². The Bertz CT molecular complexity index is 956. The second-order valence-electron chi connectivity index (χ2n) is 8.73. The molecule has 0 radical (unpaired) electrons. The highest BCUT2D eigenvalue weighted by Gasteiger charge is 2.33. The maximum Gasteiger partial charge on any atom is 0.278 e. The molecule has 0 bridgehead atoms.